The topological polar surface area (TPSA) is 43.1 Å². The molecule has 0 fully saturated rings. The van der Waals surface area contributed by atoms with Crippen LogP contribution < -0.4 is 5.73 Å². The van der Waals surface area contributed by atoms with Crippen molar-refractivity contribution in [3.63, 3.8) is 0 Å². The van der Waals surface area contributed by atoms with Crippen molar-refractivity contribution in [1.82, 2.24) is 0 Å². The maximum absolute atomic E-state index is 9.22. The zero-order chi connectivity index (χ0) is 17.5. The van der Waals surface area contributed by atoms with E-state index < -0.39 is 0 Å². The Morgan fingerprint density at radius 3 is 1.86 bits per heavy atom. The molecule has 1 rings (SSSR count). The summed E-state index contributed by atoms with van der Waals surface area (Å²) in [4.78, 5) is 9.22. The van der Waals surface area contributed by atoms with Gasteiger partial charge < -0.3 is 5.73 Å². The summed E-state index contributed by atoms with van der Waals surface area (Å²) in [6.07, 6.45) is 6.51. The Bertz CT molecular complexity index is 398. The number of carbonyl (C=O) groups is 1. The van der Waals surface area contributed by atoms with Crippen molar-refractivity contribution in [2.45, 2.75) is 66.7 Å². The molecule has 22 heavy (non-hydrogen) atoms. The summed E-state index contributed by atoms with van der Waals surface area (Å²) in [5.41, 5.74) is 5.69. The molecule has 1 amide bonds. The van der Waals surface area contributed by atoms with Crippen molar-refractivity contribution in [2.75, 3.05) is 0 Å². The van der Waals surface area contributed by atoms with Crippen LogP contribution in [0.25, 0.3) is 0 Å². The van der Waals surface area contributed by atoms with Crippen molar-refractivity contribution in [1.29, 1.82) is 0 Å². The van der Waals surface area contributed by atoms with Gasteiger partial charge in [0.1, 0.15) is 0 Å². The molecule has 4 heteroatoms. The molecule has 0 heterocycles. The molecule has 2 N–H and O–H groups in total. The van der Waals surface area contributed by atoms with Gasteiger partial charge in [-0.15, -0.1) is 0 Å². The lowest BCUT2D eigenvalue weighted by molar-refractivity contribution is -0.115. The van der Waals surface area contributed by atoms with E-state index in [1.165, 1.54) is 38.2 Å². The van der Waals surface area contributed by atoms with Gasteiger partial charge in [-0.1, -0.05) is 82.6 Å². The Hall–Kier alpha value is -0.730. The number of rotatable bonds is 5. The largest absolute Gasteiger partial charge is 0.370 e. The molecule has 0 radical (unpaired) electrons. The highest BCUT2D eigenvalue weighted by Gasteiger charge is 1.96. The number of aryl methyl sites for hydroxylation is 1. The van der Waals surface area contributed by atoms with Crippen LogP contribution in [-0.4, -0.2) is 5.91 Å². The second-order valence-electron chi connectivity index (χ2n) is 5.40. The van der Waals surface area contributed by atoms with E-state index in [1.54, 1.807) is 0 Å². The molecule has 0 aromatic heterocycles. The highest BCUT2D eigenvalue weighted by atomic mass is 35.5. The van der Waals surface area contributed by atoms with Crippen LogP contribution in [0.15, 0.2) is 18.2 Å². The number of primary amides is 1. The average Bonchev–Trinajstić information content (AvgIpc) is 2.42. The Morgan fingerprint density at radius 1 is 1.09 bits per heavy atom. The van der Waals surface area contributed by atoms with Crippen LogP contribution in [0.4, 0.5) is 0 Å². The molecule has 0 aliphatic rings. The molecular formula is C18H31Cl2NO. The first-order valence-electron chi connectivity index (χ1n) is 7.98. The van der Waals surface area contributed by atoms with Crippen LogP contribution in [0, 0.1) is 5.92 Å². The zero-order valence-corrected chi connectivity index (χ0v) is 16.1. The number of benzene rings is 1. The minimum absolute atomic E-state index is 0.333. The first kappa shape index (κ1) is 23.5. The highest BCUT2D eigenvalue weighted by molar-refractivity contribution is 6.42. The molecule has 0 unspecified atom stereocenters. The van der Waals surface area contributed by atoms with E-state index in [-0.39, 0.29) is 5.91 Å². The third kappa shape index (κ3) is 15.7. The maximum Gasteiger partial charge on any atom is 0.214 e. The van der Waals surface area contributed by atoms with E-state index in [1.807, 2.05) is 18.2 Å². The summed E-state index contributed by atoms with van der Waals surface area (Å²) in [5.74, 6) is 0.630. The van der Waals surface area contributed by atoms with E-state index in [4.69, 9.17) is 23.2 Å². The third-order valence-electron chi connectivity index (χ3n) is 2.96. The molecular weight excluding hydrogens is 317 g/mol. The summed E-state index contributed by atoms with van der Waals surface area (Å²) in [6.45, 7) is 10.2. The fraction of sp³-hybridized carbons (Fsp3) is 0.611. The molecule has 0 saturated heterocycles. The van der Waals surface area contributed by atoms with Crippen LogP contribution in [0.5, 0.6) is 0 Å². The Balaban J connectivity index is 0. The second kappa shape index (κ2) is 15.2. The van der Waals surface area contributed by atoms with Crippen LogP contribution in [0.2, 0.25) is 10.0 Å². The van der Waals surface area contributed by atoms with E-state index in [2.05, 4.69) is 33.4 Å². The van der Waals surface area contributed by atoms with Gasteiger partial charge in [0.15, 0.2) is 0 Å². The molecule has 0 atom stereocenters. The molecule has 0 saturated carbocycles. The van der Waals surface area contributed by atoms with Gasteiger partial charge >= 0.3 is 0 Å². The fourth-order valence-corrected chi connectivity index (χ4v) is 2.21. The van der Waals surface area contributed by atoms with E-state index in [0.29, 0.717) is 10.0 Å². The summed E-state index contributed by atoms with van der Waals surface area (Å²) in [6, 6.07) is 5.70. The Morgan fingerprint density at radius 2 is 1.55 bits per heavy atom. The Kier molecular flexibility index (Phi) is 16.2. The van der Waals surface area contributed by atoms with E-state index in [0.717, 1.165) is 12.3 Å². The number of nitrogens with two attached hydrogens (primary N) is 1. The van der Waals surface area contributed by atoms with Gasteiger partial charge in [0.25, 0.3) is 0 Å². The number of hydrogen-bond acceptors (Lipinski definition) is 1. The fourth-order valence-electron chi connectivity index (χ4n) is 1.89. The van der Waals surface area contributed by atoms with Crippen molar-refractivity contribution >= 4 is 29.1 Å². The SMILES string of the molecule is CC(N)=O.CCCC(C)CCC.CCc1ccc(Cl)c(Cl)c1. The normalized spacial score (nSPS) is 9.45. The van der Waals surface area contributed by atoms with Gasteiger partial charge in [-0.2, -0.15) is 0 Å². The number of amides is 1. The van der Waals surface area contributed by atoms with Gasteiger partial charge in [0.05, 0.1) is 10.0 Å². The number of hydrogen-bond donors (Lipinski definition) is 1. The lowest BCUT2D eigenvalue weighted by Crippen LogP contribution is -2.01. The molecule has 0 aliphatic heterocycles. The third-order valence-corrected chi connectivity index (χ3v) is 3.69. The van der Waals surface area contributed by atoms with Crippen LogP contribution in [-0.2, 0) is 11.2 Å². The first-order chi connectivity index (χ1) is 10.3. The second-order valence-corrected chi connectivity index (χ2v) is 6.21. The molecule has 1 aromatic rings. The van der Waals surface area contributed by atoms with Gasteiger partial charge in [-0.3, -0.25) is 4.79 Å². The molecule has 0 bridgehead atoms. The average molecular weight is 348 g/mol. The summed E-state index contributed by atoms with van der Waals surface area (Å²) >= 11 is 11.5. The minimum Gasteiger partial charge on any atom is -0.370 e. The van der Waals surface area contributed by atoms with Crippen molar-refractivity contribution < 1.29 is 4.79 Å². The van der Waals surface area contributed by atoms with Crippen LogP contribution in [0.3, 0.4) is 0 Å². The van der Waals surface area contributed by atoms with E-state index in [9.17, 15) is 4.79 Å². The predicted molar refractivity (Wildman–Crippen MR) is 99.7 cm³/mol. The van der Waals surface area contributed by atoms with Crippen molar-refractivity contribution in [2.24, 2.45) is 11.7 Å². The maximum atomic E-state index is 9.22. The monoisotopic (exact) mass is 347 g/mol. The van der Waals surface area contributed by atoms with Gasteiger partial charge in [0, 0.05) is 6.92 Å². The van der Waals surface area contributed by atoms with Crippen LogP contribution >= 0.6 is 23.2 Å². The number of halogens is 2. The summed E-state index contributed by atoms with van der Waals surface area (Å²) in [7, 11) is 0. The molecule has 1 aromatic carbocycles. The molecule has 2 nitrogen and oxygen atoms in total. The molecule has 0 aliphatic carbocycles. The van der Waals surface area contributed by atoms with Gasteiger partial charge in [0.2, 0.25) is 5.91 Å². The summed E-state index contributed by atoms with van der Waals surface area (Å²) in [5, 5.41) is 1.26. The highest BCUT2D eigenvalue weighted by Crippen LogP contribution is 2.22. The van der Waals surface area contributed by atoms with Gasteiger partial charge in [-0.25, -0.2) is 0 Å². The van der Waals surface area contributed by atoms with E-state index >= 15 is 0 Å². The quantitative estimate of drug-likeness (QED) is 0.669. The van der Waals surface area contributed by atoms with Crippen molar-refractivity contribution in [3.8, 4) is 0 Å². The predicted octanol–water partition coefficient (Wildman–Crippen LogP) is 6.27. The lowest BCUT2D eigenvalue weighted by atomic mass is 10.0. The molecule has 128 valence electrons. The number of carbonyl (C=O) groups excluding carboxylic acids is 1. The first-order valence-corrected chi connectivity index (χ1v) is 8.73. The standard InChI is InChI=1S/C8H8Cl2.C8H18.C2H5NO/c1-2-6-3-4-7(9)8(10)5-6;1-4-6-8(3)7-5-2;1-2(3)4/h3-5H,2H2,1H3;8H,4-7H2,1-3H3;1H3,(H2,3,4). The van der Waals surface area contributed by atoms with Crippen LogP contribution in [0.1, 0.15) is 65.9 Å². The lowest BCUT2D eigenvalue weighted by Gasteiger charge is -2.05. The van der Waals surface area contributed by atoms with Gasteiger partial charge in [-0.05, 0) is 30.0 Å². The minimum atomic E-state index is -0.333. The Labute approximate surface area is 146 Å². The smallest absolute Gasteiger partial charge is 0.214 e. The summed E-state index contributed by atoms with van der Waals surface area (Å²) < 4.78 is 0. The zero-order valence-electron chi connectivity index (χ0n) is 14.6. The molecule has 0 spiro atoms. The van der Waals surface area contributed by atoms with Crippen molar-refractivity contribution in [3.05, 3.63) is 33.8 Å².